The molecule has 5 atom stereocenters. The Hall–Kier alpha value is -2.47. The first-order valence-electron chi connectivity index (χ1n) is 8.11. The lowest BCUT2D eigenvalue weighted by atomic mass is 9.99. The van der Waals surface area contributed by atoms with Gasteiger partial charge in [0.25, 0.3) is 0 Å². The zero-order valence-electron chi connectivity index (χ0n) is 13.8. The molecule has 1 aliphatic heterocycles. The van der Waals surface area contributed by atoms with E-state index in [2.05, 4.69) is 6.07 Å². The third-order valence-corrected chi connectivity index (χ3v) is 4.28. The highest BCUT2D eigenvalue weighted by Gasteiger charge is 2.44. The molecule has 1 fully saturated rings. The highest BCUT2D eigenvalue weighted by molar-refractivity contribution is 5.65. The Kier molecular flexibility index (Phi) is 5.52. The number of aliphatic hydroxyl groups excluding tert-OH is 4. The van der Waals surface area contributed by atoms with Crippen molar-refractivity contribution in [1.29, 1.82) is 5.26 Å². The summed E-state index contributed by atoms with van der Waals surface area (Å²) in [5.41, 5.74) is 2.32. The maximum absolute atomic E-state index is 10.0. The summed E-state index contributed by atoms with van der Waals surface area (Å²) >= 11 is 0. The van der Waals surface area contributed by atoms with Crippen molar-refractivity contribution in [3.8, 4) is 22.9 Å². The second-order valence-corrected chi connectivity index (χ2v) is 6.03. The molecule has 3 rings (SSSR count). The molecule has 1 aliphatic rings. The first kappa shape index (κ1) is 18.3. The summed E-state index contributed by atoms with van der Waals surface area (Å²) in [5.74, 6) is 0.384. The van der Waals surface area contributed by atoms with Gasteiger partial charge < -0.3 is 29.9 Å². The van der Waals surface area contributed by atoms with Crippen LogP contribution in [-0.2, 0) is 4.74 Å². The van der Waals surface area contributed by atoms with Gasteiger partial charge in [-0.1, -0.05) is 24.3 Å². The number of nitrogens with zero attached hydrogens (tertiary/aromatic N) is 1. The van der Waals surface area contributed by atoms with Gasteiger partial charge >= 0.3 is 0 Å². The molecule has 1 saturated heterocycles. The molecule has 136 valence electrons. The molecule has 26 heavy (non-hydrogen) atoms. The van der Waals surface area contributed by atoms with Gasteiger partial charge in [0, 0.05) is 0 Å². The predicted octanol–water partition coefficient (Wildman–Crippen LogP) is 0.404. The SMILES string of the molecule is N#Cc1cccc(-c2ccc(O[C@H]3O[C@H](CO)[C@@H](O)[C@@H](O)[C@H]3O)cc2)c1. The van der Waals surface area contributed by atoms with Gasteiger partial charge in [0.05, 0.1) is 18.2 Å². The molecule has 7 nitrogen and oxygen atoms in total. The lowest BCUT2D eigenvalue weighted by molar-refractivity contribution is -0.277. The maximum atomic E-state index is 10.0. The van der Waals surface area contributed by atoms with E-state index in [0.717, 1.165) is 11.1 Å². The van der Waals surface area contributed by atoms with Gasteiger partial charge in [-0.3, -0.25) is 0 Å². The van der Waals surface area contributed by atoms with Crippen molar-refractivity contribution >= 4 is 0 Å². The molecule has 0 bridgehead atoms. The lowest BCUT2D eigenvalue weighted by Gasteiger charge is -2.39. The molecule has 4 N–H and O–H groups in total. The van der Waals surface area contributed by atoms with Crippen LogP contribution in [0.1, 0.15) is 5.56 Å². The van der Waals surface area contributed by atoms with Crippen molar-refractivity contribution < 1.29 is 29.9 Å². The van der Waals surface area contributed by atoms with Crippen LogP contribution in [0, 0.1) is 11.3 Å². The van der Waals surface area contributed by atoms with E-state index in [9.17, 15) is 20.4 Å². The Balaban J connectivity index is 1.74. The fraction of sp³-hybridized carbons (Fsp3) is 0.316. The van der Waals surface area contributed by atoms with Crippen LogP contribution in [0.4, 0.5) is 0 Å². The number of benzene rings is 2. The van der Waals surface area contributed by atoms with E-state index in [1.807, 2.05) is 6.07 Å². The van der Waals surface area contributed by atoms with Crippen molar-refractivity contribution in [1.82, 2.24) is 0 Å². The molecule has 0 saturated carbocycles. The van der Waals surface area contributed by atoms with Crippen LogP contribution in [0.25, 0.3) is 11.1 Å². The minimum atomic E-state index is -1.49. The van der Waals surface area contributed by atoms with Crippen molar-refractivity contribution in [3.63, 3.8) is 0 Å². The first-order chi connectivity index (χ1) is 12.5. The number of ether oxygens (including phenoxy) is 2. The van der Waals surface area contributed by atoms with Crippen molar-refractivity contribution in [2.45, 2.75) is 30.7 Å². The Morgan fingerprint density at radius 3 is 2.35 bits per heavy atom. The summed E-state index contributed by atoms with van der Waals surface area (Å²) in [7, 11) is 0. The molecule has 0 unspecified atom stereocenters. The van der Waals surface area contributed by atoms with Gasteiger partial charge in [0.15, 0.2) is 0 Å². The Morgan fingerprint density at radius 1 is 0.962 bits per heavy atom. The molecule has 2 aromatic rings. The van der Waals surface area contributed by atoms with E-state index in [1.54, 1.807) is 42.5 Å². The van der Waals surface area contributed by atoms with E-state index < -0.39 is 37.3 Å². The number of rotatable bonds is 4. The van der Waals surface area contributed by atoms with E-state index in [0.29, 0.717) is 11.3 Å². The van der Waals surface area contributed by atoms with Crippen molar-refractivity contribution in [2.75, 3.05) is 6.61 Å². The fourth-order valence-electron chi connectivity index (χ4n) is 2.79. The van der Waals surface area contributed by atoms with Gasteiger partial charge in [0.1, 0.15) is 30.2 Å². The minimum absolute atomic E-state index is 0.384. The summed E-state index contributed by atoms with van der Waals surface area (Å²) in [6.07, 6.45) is -6.62. The molecular weight excluding hydrogens is 338 g/mol. The smallest absolute Gasteiger partial charge is 0.229 e. The molecule has 1 heterocycles. The largest absolute Gasteiger partial charge is 0.462 e. The van der Waals surface area contributed by atoms with E-state index in [-0.39, 0.29) is 0 Å². The normalized spacial score (nSPS) is 28.3. The standard InChI is InChI=1S/C19H19NO6/c20-9-11-2-1-3-13(8-11)12-4-6-14(7-5-12)25-19-18(24)17(23)16(22)15(10-21)26-19/h1-8,15-19,21-24H,10H2/t15-,16-,17-,18-,19+/m1/s1. The summed E-state index contributed by atoms with van der Waals surface area (Å²) in [4.78, 5) is 0. The number of aliphatic hydroxyl groups is 4. The molecule has 0 aliphatic carbocycles. The van der Waals surface area contributed by atoms with Crippen LogP contribution >= 0.6 is 0 Å². The monoisotopic (exact) mass is 357 g/mol. The summed E-state index contributed by atoms with van der Waals surface area (Å²) < 4.78 is 10.9. The third kappa shape index (κ3) is 3.70. The zero-order chi connectivity index (χ0) is 18.7. The Bertz CT molecular complexity index is 785. The molecular formula is C19H19NO6. The predicted molar refractivity (Wildman–Crippen MR) is 91.0 cm³/mol. The number of nitriles is 1. The topological polar surface area (TPSA) is 123 Å². The molecule has 0 spiro atoms. The quantitative estimate of drug-likeness (QED) is 0.625. The summed E-state index contributed by atoms with van der Waals surface area (Å²) in [5, 5.41) is 47.7. The van der Waals surface area contributed by atoms with Gasteiger partial charge in [0.2, 0.25) is 6.29 Å². The van der Waals surface area contributed by atoms with Gasteiger partial charge in [-0.2, -0.15) is 5.26 Å². The van der Waals surface area contributed by atoms with Crippen LogP contribution in [-0.4, -0.2) is 57.7 Å². The van der Waals surface area contributed by atoms with Crippen LogP contribution < -0.4 is 4.74 Å². The average molecular weight is 357 g/mol. The lowest BCUT2D eigenvalue weighted by Crippen LogP contribution is -2.60. The summed E-state index contributed by atoms with van der Waals surface area (Å²) in [6, 6.07) is 16.2. The van der Waals surface area contributed by atoms with E-state index in [4.69, 9.17) is 14.7 Å². The molecule has 0 radical (unpaired) electrons. The Morgan fingerprint density at radius 2 is 1.69 bits per heavy atom. The van der Waals surface area contributed by atoms with E-state index in [1.165, 1.54) is 0 Å². The number of hydrogen-bond donors (Lipinski definition) is 4. The maximum Gasteiger partial charge on any atom is 0.229 e. The number of hydrogen-bond acceptors (Lipinski definition) is 7. The highest BCUT2D eigenvalue weighted by atomic mass is 16.7. The van der Waals surface area contributed by atoms with Gasteiger partial charge in [-0.05, 0) is 35.4 Å². The molecule has 7 heteroatoms. The second-order valence-electron chi connectivity index (χ2n) is 6.03. The minimum Gasteiger partial charge on any atom is -0.462 e. The van der Waals surface area contributed by atoms with Crippen LogP contribution in [0.15, 0.2) is 48.5 Å². The third-order valence-electron chi connectivity index (χ3n) is 4.28. The molecule has 2 aromatic carbocycles. The highest BCUT2D eigenvalue weighted by Crippen LogP contribution is 2.27. The van der Waals surface area contributed by atoms with E-state index >= 15 is 0 Å². The second kappa shape index (κ2) is 7.83. The zero-order valence-corrected chi connectivity index (χ0v) is 13.8. The van der Waals surface area contributed by atoms with Crippen molar-refractivity contribution in [2.24, 2.45) is 0 Å². The average Bonchev–Trinajstić information content (AvgIpc) is 2.69. The van der Waals surface area contributed by atoms with Crippen LogP contribution in [0.5, 0.6) is 5.75 Å². The van der Waals surface area contributed by atoms with Crippen LogP contribution in [0.3, 0.4) is 0 Å². The summed E-state index contributed by atoms with van der Waals surface area (Å²) in [6.45, 7) is -0.515. The van der Waals surface area contributed by atoms with Gasteiger partial charge in [-0.15, -0.1) is 0 Å². The van der Waals surface area contributed by atoms with Crippen molar-refractivity contribution in [3.05, 3.63) is 54.1 Å². The molecule has 0 aromatic heterocycles. The molecule has 0 amide bonds. The first-order valence-corrected chi connectivity index (χ1v) is 8.11. The Labute approximate surface area is 150 Å². The van der Waals surface area contributed by atoms with Crippen LogP contribution in [0.2, 0.25) is 0 Å². The fourth-order valence-corrected chi connectivity index (χ4v) is 2.79. The van der Waals surface area contributed by atoms with Gasteiger partial charge in [-0.25, -0.2) is 0 Å².